The summed E-state index contributed by atoms with van der Waals surface area (Å²) in [6.07, 6.45) is 6.35. The third kappa shape index (κ3) is 4.36. The number of hydrogen-bond acceptors (Lipinski definition) is 1. The summed E-state index contributed by atoms with van der Waals surface area (Å²) >= 11 is 0. The summed E-state index contributed by atoms with van der Waals surface area (Å²) in [4.78, 5) is 0. The molecule has 0 amide bonds. The summed E-state index contributed by atoms with van der Waals surface area (Å²) in [7, 11) is 0. The lowest BCUT2D eigenvalue weighted by molar-refractivity contribution is 0.0870. The van der Waals surface area contributed by atoms with Gasteiger partial charge in [0.25, 0.3) is 0 Å². The third-order valence-electron chi connectivity index (χ3n) is 2.46. The molecule has 0 aromatic heterocycles. The second-order valence-electron chi connectivity index (χ2n) is 3.68. The van der Waals surface area contributed by atoms with E-state index in [-0.39, 0.29) is 6.10 Å². The highest BCUT2D eigenvalue weighted by Gasteiger charge is 2.13. The van der Waals surface area contributed by atoms with Crippen LogP contribution in [0.2, 0.25) is 0 Å². The first-order valence-electron chi connectivity index (χ1n) is 5.75. The Balaban J connectivity index is 2.54. The molecule has 0 fully saturated rings. The maximum Gasteiger partial charge on any atom is 0.0859 e. The first-order chi connectivity index (χ1) is 7.77. The Morgan fingerprint density at radius 2 is 2.00 bits per heavy atom. The molecule has 0 N–H and O–H groups in total. The summed E-state index contributed by atoms with van der Waals surface area (Å²) in [5.41, 5.74) is 1.20. The summed E-state index contributed by atoms with van der Waals surface area (Å²) in [5, 5.41) is 0. The number of ether oxygens (including phenoxy) is 1. The standard InChI is InChI=1S/C15H20O/c1-4-13(3)11-12-15(16-5-2)14-9-7-6-8-10-14/h4,6-12,15H,5H2,1-3H3. The molecule has 1 nitrogen and oxygen atoms in total. The van der Waals surface area contributed by atoms with Crippen molar-refractivity contribution in [1.82, 2.24) is 0 Å². The molecule has 1 unspecified atom stereocenters. The quantitative estimate of drug-likeness (QED) is 0.669. The van der Waals surface area contributed by atoms with E-state index in [2.05, 4.69) is 38.3 Å². The largest absolute Gasteiger partial charge is 0.374 e. The van der Waals surface area contributed by atoms with E-state index in [4.69, 9.17) is 4.74 Å². The number of rotatable bonds is 7. The normalized spacial score (nSPS) is 13.0. The Kier molecular flexibility index (Phi) is 6.17. The topological polar surface area (TPSA) is 9.23 Å². The predicted molar refractivity (Wildman–Crippen MR) is 68.3 cm³/mol. The van der Waals surface area contributed by atoms with E-state index in [0.717, 1.165) is 6.61 Å². The lowest BCUT2D eigenvalue weighted by Gasteiger charge is -2.18. The van der Waals surface area contributed by atoms with Crippen LogP contribution in [0.4, 0.5) is 0 Å². The number of hydrogen-bond donors (Lipinski definition) is 0. The van der Waals surface area contributed by atoms with Crippen LogP contribution >= 0.6 is 0 Å². The van der Waals surface area contributed by atoms with Gasteiger partial charge in [-0.05, 0) is 37.7 Å². The van der Waals surface area contributed by atoms with E-state index in [1.54, 1.807) is 0 Å². The van der Waals surface area contributed by atoms with Gasteiger partial charge in [0, 0.05) is 6.61 Å². The molecular weight excluding hydrogens is 196 g/mol. The van der Waals surface area contributed by atoms with Crippen LogP contribution in [0.25, 0.3) is 0 Å². The molecule has 86 valence electrons. The Labute approximate surface area is 99.8 Å². The van der Waals surface area contributed by atoms with Crippen molar-refractivity contribution in [2.45, 2.75) is 26.9 Å². The van der Waals surface area contributed by atoms with Crippen LogP contribution in [-0.4, -0.2) is 6.61 Å². The van der Waals surface area contributed by atoms with Crippen LogP contribution < -0.4 is 0 Å². The zero-order valence-electron chi connectivity index (χ0n) is 10.3. The van der Waals surface area contributed by atoms with Crippen molar-refractivity contribution in [3.63, 3.8) is 0 Å². The van der Waals surface area contributed by atoms with Gasteiger partial charge < -0.3 is 4.74 Å². The molecule has 0 aliphatic carbocycles. The molecule has 0 heterocycles. The van der Waals surface area contributed by atoms with Gasteiger partial charge in [-0.15, -0.1) is 0 Å². The zero-order chi connectivity index (χ0) is 11.8. The Morgan fingerprint density at radius 3 is 2.56 bits per heavy atom. The molecule has 1 aromatic carbocycles. The van der Waals surface area contributed by atoms with Gasteiger partial charge in [-0.25, -0.2) is 0 Å². The van der Waals surface area contributed by atoms with Crippen LogP contribution in [-0.2, 0) is 4.74 Å². The van der Waals surface area contributed by atoms with Crippen LogP contribution in [0, 0.1) is 25.2 Å². The van der Waals surface area contributed by atoms with E-state index in [1.807, 2.05) is 32.0 Å². The van der Waals surface area contributed by atoms with Crippen molar-refractivity contribution in [3.8, 4) is 0 Å². The second-order valence-corrected chi connectivity index (χ2v) is 3.68. The maximum absolute atomic E-state index is 5.71. The highest BCUT2D eigenvalue weighted by atomic mass is 16.5. The molecular formula is C15H20O. The fourth-order valence-electron chi connectivity index (χ4n) is 1.42. The molecule has 0 bridgehead atoms. The molecule has 4 radical (unpaired) electrons. The van der Waals surface area contributed by atoms with E-state index in [9.17, 15) is 0 Å². The first-order valence-corrected chi connectivity index (χ1v) is 5.75. The lowest BCUT2D eigenvalue weighted by Crippen LogP contribution is -2.07. The predicted octanol–water partition coefficient (Wildman–Crippen LogP) is 3.99. The average molecular weight is 216 g/mol. The summed E-state index contributed by atoms with van der Waals surface area (Å²) in [5.74, 6) is 1.25. The Morgan fingerprint density at radius 1 is 1.31 bits per heavy atom. The minimum absolute atomic E-state index is 0.0566. The maximum atomic E-state index is 5.71. The van der Waals surface area contributed by atoms with Crippen LogP contribution in [0.3, 0.4) is 0 Å². The van der Waals surface area contributed by atoms with Gasteiger partial charge in [0.2, 0.25) is 0 Å². The fraction of sp³-hybridized carbons (Fsp3) is 0.333. The van der Waals surface area contributed by atoms with Crippen molar-refractivity contribution >= 4 is 0 Å². The third-order valence-corrected chi connectivity index (χ3v) is 2.46. The molecule has 1 atom stereocenters. The molecule has 0 aliphatic rings. The van der Waals surface area contributed by atoms with Gasteiger partial charge >= 0.3 is 0 Å². The van der Waals surface area contributed by atoms with Gasteiger partial charge in [0.1, 0.15) is 0 Å². The van der Waals surface area contributed by atoms with Gasteiger partial charge in [-0.1, -0.05) is 44.2 Å². The molecule has 0 saturated carbocycles. The summed E-state index contributed by atoms with van der Waals surface area (Å²) in [6, 6.07) is 10.3. The SMILES string of the molecule is C[CH][C](C)[CH][CH]C(OCC)c1ccccc1. The van der Waals surface area contributed by atoms with Gasteiger partial charge in [-0.3, -0.25) is 0 Å². The van der Waals surface area contributed by atoms with Crippen molar-refractivity contribution < 1.29 is 4.74 Å². The Bertz CT molecular complexity index is 268. The van der Waals surface area contributed by atoms with Crippen molar-refractivity contribution in [2.75, 3.05) is 6.61 Å². The molecule has 1 heteroatoms. The number of benzene rings is 1. The molecule has 0 aliphatic heterocycles. The van der Waals surface area contributed by atoms with Crippen LogP contribution in [0.5, 0.6) is 0 Å². The van der Waals surface area contributed by atoms with E-state index in [0.29, 0.717) is 0 Å². The van der Waals surface area contributed by atoms with E-state index in [1.165, 1.54) is 11.5 Å². The minimum Gasteiger partial charge on any atom is -0.374 e. The molecule has 1 aromatic rings. The van der Waals surface area contributed by atoms with Crippen molar-refractivity contribution in [3.05, 3.63) is 61.1 Å². The fourth-order valence-corrected chi connectivity index (χ4v) is 1.42. The van der Waals surface area contributed by atoms with Crippen molar-refractivity contribution in [2.24, 2.45) is 0 Å². The zero-order valence-corrected chi connectivity index (χ0v) is 10.3. The lowest BCUT2D eigenvalue weighted by atomic mass is 9.97. The van der Waals surface area contributed by atoms with E-state index >= 15 is 0 Å². The van der Waals surface area contributed by atoms with Crippen molar-refractivity contribution in [1.29, 1.82) is 0 Å². The molecule has 0 saturated heterocycles. The van der Waals surface area contributed by atoms with Gasteiger partial charge in [0.05, 0.1) is 6.10 Å². The smallest absolute Gasteiger partial charge is 0.0859 e. The Hall–Kier alpha value is -0.820. The summed E-state index contributed by atoms with van der Waals surface area (Å²) < 4.78 is 5.71. The molecule has 16 heavy (non-hydrogen) atoms. The second kappa shape index (κ2) is 7.45. The minimum atomic E-state index is 0.0566. The average Bonchev–Trinajstić information content (AvgIpc) is 2.35. The first kappa shape index (κ1) is 13.2. The van der Waals surface area contributed by atoms with E-state index < -0.39 is 0 Å². The van der Waals surface area contributed by atoms with Gasteiger partial charge in [-0.2, -0.15) is 0 Å². The van der Waals surface area contributed by atoms with Gasteiger partial charge in [0.15, 0.2) is 0 Å². The molecule has 0 spiro atoms. The molecule has 1 rings (SSSR count). The highest BCUT2D eigenvalue weighted by molar-refractivity contribution is 5.25. The monoisotopic (exact) mass is 216 g/mol. The van der Waals surface area contributed by atoms with Crippen LogP contribution in [0.1, 0.15) is 32.4 Å². The highest BCUT2D eigenvalue weighted by Crippen LogP contribution is 2.24. The van der Waals surface area contributed by atoms with Crippen LogP contribution in [0.15, 0.2) is 30.3 Å². The summed E-state index contributed by atoms with van der Waals surface area (Å²) in [6.45, 7) is 6.87.